The molecule has 2 N–H and O–H groups in total. The number of amides is 3. The molecule has 4 unspecified atom stereocenters. The number of hydrogen-bond acceptors (Lipinski definition) is 4. The minimum atomic E-state index is -0.860. The van der Waals surface area contributed by atoms with E-state index in [0.29, 0.717) is 6.42 Å². The zero-order chi connectivity index (χ0) is 29.1. The number of alkyl carbamates (subject to hydrolysis) is 1. The summed E-state index contributed by atoms with van der Waals surface area (Å²) in [5.74, 6) is -0.165. The SMILES string of the molecule is Cc1cccc(C(C(=O)Nc2c(C)cccc2C)N(C(=O)C(CC(C)C)NC(=O)OC(C)(C)C)C2CC2C)c1. The fraction of sp³-hybridized carbons (Fsp3) is 0.531. The van der Waals surface area contributed by atoms with Gasteiger partial charge in [0.25, 0.3) is 5.91 Å². The van der Waals surface area contributed by atoms with Gasteiger partial charge in [0, 0.05) is 11.7 Å². The van der Waals surface area contributed by atoms with Gasteiger partial charge in [0.05, 0.1) is 0 Å². The average molecular weight is 536 g/mol. The molecule has 7 nitrogen and oxygen atoms in total. The van der Waals surface area contributed by atoms with Crippen LogP contribution >= 0.6 is 0 Å². The Balaban J connectivity index is 2.05. The van der Waals surface area contributed by atoms with E-state index in [1.807, 2.05) is 77.1 Å². The van der Waals surface area contributed by atoms with Crippen LogP contribution in [0, 0.1) is 32.6 Å². The van der Waals surface area contributed by atoms with Crippen LogP contribution in [-0.2, 0) is 14.3 Å². The van der Waals surface area contributed by atoms with Gasteiger partial charge < -0.3 is 20.3 Å². The molecule has 0 radical (unpaired) electrons. The third-order valence-electron chi connectivity index (χ3n) is 6.99. The van der Waals surface area contributed by atoms with E-state index in [2.05, 4.69) is 17.6 Å². The lowest BCUT2D eigenvalue weighted by atomic mass is 9.97. The van der Waals surface area contributed by atoms with Crippen molar-refractivity contribution >= 4 is 23.6 Å². The van der Waals surface area contributed by atoms with Crippen molar-refractivity contribution in [2.75, 3.05) is 5.32 Å². The summed E-state index contributed by atoms with van der Waals surface area (Å²) < 4.78 is 5.49. The quantitative estimate of drug-likeness (QED) is 0.385. The zero-order valence-corrected chi connectivity index (χ0v) is 24.9. The smallest absolute Gasteiger partial charge is 0.408 e. The maximum atomic E-state index is 14.4. The Bertz CT molecular complexity index is 1180. The number of carbonyl (C=O) groups excluding carboxylic acids is 3. The van der Waals surface area contributed by atoms with Crippen LogP contribution in [-0.4, -0.2) is 40.5 Å². The van der Waals surface area contributed by atoms with Gasteiger partial charge in [-0.3, -0.25) is 9.59 Å². The number of para-hydroxylation sites is 1. The molecule has 39 heavy (non-hydrogen) atoms. The molecule has 0 heterocycles. The minimum absolute atomic E-state index is 0.109. The Kier molecular flexibility index (Phi) is 9.47. The molecule has 3 amide bonds. The van der Waals surface area contributed by atoms with Crippen molar-refractivity contribution in [2.45, 2.75) is 98.9 Å². The summed E-state index contributed by atoms with van der Waals surface area (Å²) in [5, 5.41) is 5.96. The molecule has 2 aromatic rings. The van der Waals surface area contributed by atoms with Crippen molar-refractivity contribution in [3.8, 4) is 0 Å². The molecule has 3 rings (SSSR count). The lowest BCUT2D eigenvalue weighted by Gasteiger charge is -2.35. The van der Waals surface area contributed by atoms with Gasteiger partial charge in [0.15, 0.2) is 0 Å². The molecule has 0 bridgehead atoms. The number of rotatable bonds is 9. The Morgan fingerprint density at radius 3 is 2.13 bits per heavy atom. The summed E-state index contributed by atoms with van der Waals surface area (Å²) in [7, 11) is 0. The molecule has 1 aliphatic rings. The molecular formula is C32H45N3O4. The fourth-order valence-electron chi connectivity index (χ4n) is 4.98. The second-order valence-electron chi connectivity index (χ2n) is 12.4. The van der Waals surface area contributed by atoms with Crippen LogP contribution in [0.1, 0.15) is 82.7 Å². The summed E-state index contributed by atoms with van der Waals surface area (Å²) in [6.45, 7) is 17.3. The maximum Gasteiger partial charge on any atom is 0.408 e. The lowest BCUT2D eigenvalue weighted by molar-refractivity contribution is -0.142. The first-order valence-corrected chi connectivity index (χ1v) is 13.9. The predicted molar refractivity (Wildman–Crippen MR) is 155 cm³/mol. The number of aryl methyl sites for hydroxylation is 3. The molecule has 2 aromatic carbocycles. The number of hydrogen-bond donors (Lipinski definition) is 2. The second-order valence-corrected chi connectivity index (χ2v) is 12.4. The highest BCUT2D eigenvalue weighted by Crippen LogP contribution is 2.41. The number of anilines is 1. The van der Waals surface area contributed by atoms with E-state index in [9.17, 15) is 14.4 Å². The summed E-state index contributed by atoms with van der Waals surface area (Å²) in [6.07, 6.45) is 0.581. The van der Waals surface area contributed by atoms with Crippen molar-refractivity contribution < 1.29 is 19.1 Å². The van der Waals surface area contributed by atoms with Gasteiger partial charge >= 0.3 is 6.09 Å². The molecule has 1 aliphatic carbocycles. The molecule has 4 atom stereocenters. The molecule has 1 saturated carbocycles. The number of carbonyl (C=O) groups is 3. The van der Waals surface area contributed by atoms with Crippen molar-refractivity contribution in [2.24, 2.45) is 11.8 Å². The van der Waals surface area contributed by atoms with E-state index < -0.39 is 23.8 Å². The molecule has 1 fully saturated rings. The fourth-order valence-corrected chi connectivity index (χ4v) is 4.98. The van der Waals surface area contributed by atoms with E-state index >= 15 is 0 Å². The van der Waals surface area contributed by atoms with Crippen LogP contribution in [0.2, 0.25) is 0 Å². The highest BCUT2D eigenvalue weighted by Gasteiger charge is 2.48. The summed E-state index contributed by atoms with van der Waals surface area (Å²) in [4.78, 5) is 43.0. The van der Waals surface area contributed by atoms with Gasteiger partial charge in [-0.2, -0.15) is 0 Å². The Hall–Kier alpha value is -3.35. The van der Waals surface area contributed by atoms with Crippen molar-refractivity contribution in [1.82, 2.24) is 10.2 Å². The first-order valence-electron chi connectivity index (χ1n) is 13.9. The monoisotopic (exact) mass is 535 g/mol. The predicted octanol–water partition coefficient (Wildman–Crippen LogP) is 6.47. The maximum absolute atomic E-state index is 14.4. The molecule has 0 aromatic heterocycles. The van der Waals surface area contributed by atoms with Gasteiger partial charge in [-0.1, -0.05) is 68.8 Å². The highest BCUT2D eigenvalue weighted by molar-refractivity contribution is 6.00. The topological polar surface area (TPSA) is 87.7 Å². The normalized spacial score (nSPS) is 18.2. The highest BCUT2D eigenvalue weighted by atomic mass is 16.6. The summed E-state index contributed by atoms with van der Waals surface area (Å²) in [6, 6.07) is 11.8. The summed E-state index contributed by atoms with van der Waals surface area (Å²) in [5.41, 5.74) is 3.70. The number of benzene rings is 2. The lowest BCUT2D eigenvalue weighted by Crippen LogP contribution is -2.53. The summed E-state index contributed by atoms with van der Waals surface area (Å²) >= 11 is 0. The zero-order valence-electron chi connectivity index (χ0n) is 24.9. The van der Waals surface area contributed by atoms with Crippen LogP contribution in [0.25, 0.3) is 0 Å². The van der Waals surface area contributed by atoms with Crippen molar-refractivity contribution in [1.29, 1.82) is 0 Å². The van der Waals surface area contributed by atoms with Crippen LogP contribution < -0.4 is 10.6 Å². The van der Waals surface area contributed by atoms with E-state index in [0.717, 1.165) is 34.4 Å². The van der Waals surface area contributed by atoms with E-state index in [1.165, 1.54) is 0 Å². The van der Waals surface area contributed by atoms with E-state index in [-0.39, 0.29) is 29.7 Å². The van der Waals surface area contributed by atoms with E-state index in [1.54, 1.807) is 25.7 Å². The van der Waals surface area contributed by atoms with Crippen LogP contribution in [0.4, 0.5) is 10.5 Å². The van der Waals surface area contributed by atoms with Crippen molar-refractivity contribution in [3.63, 3.8) is 0 Å². The molecule has 0 spiro atoms. The van der Waals surface area contributed by atoms with Gasteiger partial charge in [0.1, 0.15) is 17.7 Å². The Morgan fingerprint density at radius 1 is 1.03 bits per heavy atom. The largest absolute Gasteiger partial charge is 0.444 e. The number of nitrogens with one attached hydrogen (secondary N) is 2. The number of nitrogens with zero attached hydrogens (tertiary/aromatic N) is 1. The standard InChI is InChI=1S/C32H45N3O4/c1-19(2)16-25(33-31(38)39-32(7,8)9)30(37)35(26-18-23(26)6)28(24-15-10-12-20(3)17-24)29(36)34-27-21(4)13-11-14-22(27)5/h10-15,17,19,23,25-26,28H,16,18H2,1-9H3,(H,33,38)(H,34,36). The van der Waals surface area contributed by atoms with Gasteiger partial charge in [-0.05, 0) is 82.9 Å². The van der Waals surface area contributed by atoms with E-state index in [4.69, 9.17) is 4.74 Å². The third-order valence-corrected chi connectivity index (χ3v) is 6.99. The molecular weight excluding hydrogens is 490 g/mol. The molecule has 0 aliphatic heterocycles. The molecule has 212 valence electrons. The average Bonchev–Trinajstić information content (AvgIpc) is 3.53. The first-order chi connectivity index (χ1) is 18.2. The third kappa shape index (κ3) is 8.07. The molecule has 7 heteroatoms. The first kappa shape index (κ1) is 30.2. The molecule has 0 saturated heterocycles. The second kappa shape index (κ2) is 12.2. The van der Waals surface area contributed by atoms with Crippen LogP contribution in [0.5, 0.6) is 0 Å². The Labute approximate surface area is 233 Å². The van der Waals surface area contributed by atoms with Gasteiger partial charge in [0.2, 0.25) is 5.91 Å². The van der Waals surface area contributed by atoms with Crippen molar-refractivity contribution in [3.05, 3.63) is 64.7 Å². The number of ether oxygens (including phenoxy) is 1. The van der Waals surface area contributed by atoms with Gasteiger partial charge in [-0.25, -0.2) is 4.79 Å². The Morgan fingerprint density at radius 2 is 1.62 bits per heavy atom. The van der Waals surface area contributed by atoms with Crippen LogP contribution in [0.15, 0.2) is 42.5 Å². The van der Waals surface area contributed by atoms with Crippen LogP contribution in [0.3, 0.4) is 0 Å². The van der Waals surface area contributed by atoms with Gasteiger partial charge in [-0.15, -0.1) is 0 Å². The minimum Gasteiger partial charge on any atom is -0.444 e.